The lowest BCUT2D eigenvalue weighted by Crippen LogP contribution is -2.37. The van der Waals surface area contributed by atoms with Gasteiger partial charge in [0, 0.05) is 43.7 Å². The molecule has 0 saturated carbocycles. The molecule has 4 rings (SSSR count). The van der Waals surface area contributed by atoms with E-state index in [4.69, 9.17) is 4.74 Å². The summed E-state index contributed by atoms with van der Waals surface area (Å²) >= 11 is 0. The van der Waals surface area contributed by atoms with Crippen molar-refractivity contribution < 1.29 is 27.9 Å². The molecule has 1 aliphatic rings. The number of pyridine rings is 1. The molecule has 4 amide bonds. The van der Waals surface area contributed by atoms with Crippen LogP contribution in [0.1, 0.15) is 12.8 Å². The number of hydrogen-bond acceptors (Lipinski definition) is 6. The quantitative estimate of drug-likeness (QED) is 0.387. The zero-order valence-corrected chi connectivity index (χ0v) is 21.2. The van der Waals surface area contributed by atoms with Gasteiger partial charge in [0.25, 0.3) is 0 Å². The maximum absolute atomic E-state index is 14.6. The molecule has 3 aromatic rings. The number of carbonyl (C=O) groups is 3. The number of aromatic nitrogens is 1. The van der Waals surface area contributed by atoms with Crippen LogP contribution in [0.25, 0.3) is 0 Å². The number of likely N-dealkylation sites (N-methyl/N-ethyl adjacent to an activating group) is 1. The van der Waals surface area contributed by atoms with Crippen LogP contribution < -0.4 is 20.7 Å². The van der Waals surface area contributed by atoms with E-state index in [2.05, 4.69) is 25.8 Å². The number of halogens is 2. The summed E-state index contributed by atoms with van der Waals surface area (Å²) in [5.74, 6) is -1.83. The number of benzene rings is 2. The number of urea groups is 1. The van der Waals surface area contributed by atoms with Gasteiger partial charge < -0.3 is 25.2 Å². The van der Waals surface area contributed by atoms with Gasteiger partial charge in [0.05, 0.1) is 5.69 Å². The minimum Gasteiger partial charge on any atom is -0.457 e. The minimum atomic E-state index is -0.770. The Labute approximate surface area is 224 Å². The monoisotopic (exact) mass is 538 g/mol. The summed E-state index contributed by atoms with van der Waals surface area (Å²) in [5.41, 5.74) is 0.197. The molecule has 2 heterocycles. The summed E-state index contributed by atoms with van der Waals surface area (Å²) in [7, 11) is 2.02. The van der Waals surface area contributed by atoms with Crippen molar-refractivity contribution in [3.8, 4) is 11.5 Å². The van der Waals surface area contributed by atoms with E-state index >= 15 is 0 Å². The van der Waals surface area contributed by atoms with E-state index in [0.717, 1.165) is 25.6 Å². The molecular weight excluding hydrogens is 510 g/mol. The van der Waals surface area contributed by atoms with E-state index in [0.29, 0.717) is 30.3 Å². The molecule has 0 unspecified atom stereocenters. The summed E-state index contributed by atoms with van der Waals surface area (Å²) in [4.78, 5) is 44.9. The first-order valence-electron chi connectivity index (χ1n) is 12.3. The largest absolute Gasteiger partial charge is 0.457 e. The van der Waals surface area contributed by atoms with Crippen molar-refractivity contribution in [2.45, 2.75) is 12.8 Å². The molecule has 0 spiro atoms. The van der Waals surface area contributed by atoms with E-state index in [1.807, 2.05) is 7.05 Å². The van der Waals surface area contributed by atoms with Crippen LogP contribution in [-0.2, 0) is 9.59 Å². The van der Waals surface area contributed by atoms with Crippen molar-refractivity contribution in [3.05, 3.63) is 72.4 Å². The van der Waals surface area contributed by atoms with Gasteiger partial charge in [-0.2, -0.15) is 0 Å². The second-order valence-electron chi connectivity index (χ2n) is 8.97. The third kappa shape index (κ3) is 8.20. The predicted octanol–water partition coefficient (Wildman–Crippen LogP) is 4.29. The molecule has 1 aromatic heterocycles. The summed E-state index contributed by atoms with van der Waals surface area (Å²) in [6, 6.07) is 11.7. The van der Waals surface area contributed by atoms with Crippen LogP contribution in [-0.4, -0.2) is 65.9 Å². The Balaban J connectivity index is 1.30. The Hall–Kier alpha value is -4.58. The molecule has 1 aliphatic heterocycles. The van der Waals surface area contributed by atoms with Crippen LogP contribution in [0.15, 0.2) is 60.8 Å². The normalized spacial score (nSPS) is 13.8. The number of hydrogen-bond donors (Lipinski definition) is 3. The van der Waals surface area contributed by atoms with Crippen molar-refractivity contribution >= 4 is 35.0 Å². The maximum Gasteiger partial charge on any atom is 0.323 e. The minimum absolute atomic E-state index is 0.132. The van der Waals surface area contributed by atoms with Gasteiger partial charge >= 0.3 is 6.03 Å². The van der Waals surface area contributed by atoms with Gasteiger partial charge in [0.1, 0.15) is 35.4 Å². The fourth-order valence-corrected chi connectivity index (χ4v) is 3.86. The van der Waals surface area contributed by atoms with E-state index in [1.165, 1.54) is 48.7 Å². The van der Waals surface area contributed by atoms with Gasteiger partial charge in [-0.3, -0.25) is 14.9 Å². The van der Waals surface area contributed by atoms with Crippen LogP contribution in [0.3, 0.4) is 0 Å². The molecule has 1 saturated heterocycles. The first-order chi connectivity index (χ1) is 18.7. The van der Waals surface area contributed by atoms with Gasteiger partial charge in [0.2, 0.25) is 11.8 Å². The SMILES string of the molecule is CN1CCCN(C(=O)Nc2cc(Oc3ccc(NC(=O)CC(=O)Nc4ccc(F)cc4)c(F)c3)ccn2)CC1. The molecule has 10 nitrogen and oxygen atoms in total. The van der Waals surface area contributed by atoms with Gasteiger partial charge in [-0.1, -0.05) is 0 Å². The fourth-order valence-electron chi connectivity index (χ4n) is 3.86. The third-order valence-electron chi connectivity index (χ3n) is 5.87. The Kier molecular flexibility index (Phi) is 9.00. The number of amides is 4. The maximum atomic E-state index is 14.6. The highest BCUT2D eigenvalue weighted by Gasteiger charge is 2.18. The molecule has 0 atom stereocenters. The van der Waals surface area contributed by atoms with Crippen LogP contribution in [0.5, 0.6) is 11.5 Å². The first-order valence-corrected chi connectivity index (χ1v) is 12.3. The molecule has 12 heteroatoms. The molecular formula is C27H28F2N6O4. The average molecular weight is 539 g/mol. The third-order valence-corrected chi connectivity index (χ3v) is 5.87. The molecule has 0 radical (unpaired) electrons. The summed E-state index contributed by atoms with van der Waals surface area (Å²) in [6.07, 6.45) is 1.78. The van der Waals surface area contributed by atoms with Crippen LogP contribution >= 0.6 is 0 Å². The molecule has 2 aromatic carbocycles. The molecule has 204 valence electrons. The van der Waals surface area contributed by atoms with E-state index in [9.17, 15) is 23.2 Å². The molecule has 1 fully saturated rings. The molecule has 0 bridgehead atoms. The van der Waals surface area contributed by atoms with E-state index in [-0.39, 0.29) is 17.5 Å². The number of anilines is 3. The molecule has 3 N–H and O–H groups in total. The van der Waals surface area contributed by atoms with Crippen molar-refractivity contribution in [1.29, 1.82) is 0 Å². The molecule has 0 aliphatic carbocycles. The van der Waals surface area contributed by atoms with Crippen LogP contribution in [0.4, 0.5) is 30.8 Å². The zero-order valence-electron chi connectivity index (χ0n) is 21.2. The van der Waals surface area contributed by atoms with E-state index < -0.39 is 29.9 Å². The summed E-state index contributed by atoms with van der Waals surface area (Å²) in [5, 5.41) is 7.56. The van der Waals surface area contributed by atoms with Crippen LogP contribution in [0, 0.1) is 11.6 Å². The number of carbonyl (C=O) groups excluding carboxylic acids is 3. The number of ether oxygens (including phenoxy) is 1. The van der Waals surface area contributed by atoms with Crippen molar-refractivity contribution in [2.75, 3.05) is 49.2 Å². The zero-order chi connectivity index (χ0) is 27.8. The summed E-state index contributed by atoms with van der Waals surface area (Å²) in [6.45, 7) is 2.97. The van der Waals surface area contributed by atoms with Gasteiger partial charge in [-0.05, 0) is 62.5 Å². The van der Waals surface area contributed by atoms with E-state index in [1.54, 1.807) is 11.0 Å². The van der Waals surface area contributed by atoms with Crippen LogP contribution in [0.2, 0.25) is 0 Å². The molecule has 39 heavy (non-hydrogen) atoms. The van der Waals surface area contributed by atoms with Crippen molar-refractivity contribution in [2.24, 2.45) is 0 Å². The Morgan fingerprint density at radius 3 is 2.38 bits per heavy atom. The second-order valence-corrected chi connectivity index (χ2v) is 8.97. The Morgan fingerprint density at radius 1 is 0.872 bits per heavy atom. The number of nitrogens with zero attached hydrogens (tertiary/aromatic N) is 3. The standard InChI is InChI=1S/C27H28F2N6O4/c1-34-11-2-12-35(14-13-34)27(38)33-24-16-21(9-10-30-24)39-20-7-8-23(22(29)15-20)32-26(37)17-25(36)31-19-5-3-18(28)4-6-19/h3-10,15-16H,2,11-14,17H2,1H3,(H,31,36)(H,32,37)(H,30,33,38). The van der Waals surface area contributed by atoms with Gasteiger partial charge in [-0.25, -0.2) is 18.6 Å². The Bertz CT molecular complexity index is 1340. The highest BCUT2D eigenvalue weighted by atomic mass is 19.1. The van der Waals surface area contributed by atoms with Gasteiger partial charge in [-0.15, -0.1) is 0 Å². The average Bonchev–Trinajstić information content (AvgIpc) is 3.11. The number of rotatable bonds is 7. The smallest absolute Gasteiger partial charge is 0.323 e. The predicted molar refractivity (Wildman–Crippen MR) is 142 cm³/mol. The second kappa shape index (κ2) is 12.8. The van der Waals surface area contributed by atoms with Gasteiger partial charge in [0.15, 0.2) is 0 Å². The highest BCUT2D eigenvalue weighted by molar-refractivity contribution is 6.08. The summed E-state index contributed by atoms with van der Waals surface area (Å²) < 4.78 is 33.3. The Morgan fingerprint density at radius 2 is 1.62 bits per heavy atom. The van der Waals surface area contributed by atoms with Crippen molar-refractivity contribution in [3.63, 3.8) is 0 Å². The lowest BCUT2D eigenvalue weighted by molar-refractivity contribution is -0.123. The first kappa shape index (κ1) is 27.5. The lowest BCUT2D eigenvalue weighted by Gasteiger charge is -2.20. The van der Waals surface area contributed by atoms with Crippen molar-refractivity contribution in [1.82, 2.24) is 14.8 Å². The topological polar surface area (TPSA) is 116 Å². The highest BCUT2D eigenvalue weighted by Crippen LogP contribution is 2.27. The number of nitrogens with one attached hydrogen (secondary N) is 3. The lowest BCUT2D eigenvalue weighted by atomic mass is 10.2. The fraction of sp³-hybridized carbons (Fsp3) is 0.259.